The molecule has 16 heavy (non-hydrogen) atoms. The smallest absolute Gasteiger partial charge is 0.394 e. The lowest BCUT2D eigenvalue weighted by Crippen LogP contribution is -2.20. The van der Waals surface area contributed by atoms with Crippen molar-refractivity contribution in [2.75, 3.05) is 0 Å². The quantitative estimate of drug-likeness (QED) is 0.745. The standard InChI is InChI=1S/C12H15F3O/c1-11(2,3)9-6-5-8(7-10(9)13)16-12(4,14)15/h5-7H,1-4H3. The Morgan fingerprint density at radius 2 is 1.62 bits per heavy atom. The van der Waals surface area contributed by atoms with Gasteiger partial charge in [0.1, 0.15) is 11.6 Å². The Bertz CT molecular complexity index is 375. The van der Waals surface area contributed by atoms with Crippen LogP contribution in [0.4, 0.5) is 13.2 Å². The van der Waals surface area contributed by atoms with E-state index in [0.717, 1.165) is 6.07 Å². The van der Waals surface area contributed by atoms with Crippen molar-refractivity contribution in [3.05, 3.63) is 29.6 Å². The first-order chi connectivity index (χ1) is 7.09. The van der Waals surface area contributed by atoms with Crippen LogP contribution < -0.4 is 4.74 Å². The first kappa shape index (κ1) is 12.9. The number of ether oxygens (including phenoxy) is 1. The summed E-state index contributed by atoms with van der Waals surface area (Å²) in [4.78, 5) is 0. The molecule has 4 heteroatoms. The van der Waals surface area contributed by atoms with Gasteiger partial charge < -0.3 is 4.74 Å². The molecule has 0 heterocycles. The SMILES string of the molecule is CC(F)(F)Oc1ccc(C(C)(C)C)c(F)c1. The molecule has 0 radical (unpaired) electrons. The molecule has 1 nitrogen and oxygen atoms in total. The Labute approximate surface area is 93.2 Å². The Morgan fingerprint density at radius 1 is 1.06 bits per heavy atom. The second-order valence-electron chi connectivity index (χ2n) is 4.80. The third kappa shape index (κ3) is 3.43. The predicted molar refractivity (Wildman–Crippen MR) is 56.3 cm³/mol. The number of rotatable bonds is 2. The summed E-state index contributed by atoms with van der Waals surface area (Å²) in [5, 5.41) is 0. The summed E-state index contributed by atoms with van der Waals surface area (Å²) in [5.74, 6) is -0.702. The average molecular weight is 232 g/mol. The fourth-order valence-corrected chi connectivity index (χ4v) is 1.37. The van der Waals surface area contributed by atoms with Crippen LogP contribution in [0.25, 0.3) is 0 Å². The Kier molecular flexibility index (Phi) is 3.22. The van der Waals surface area contributed by atoms with E-state index >= 15 is 0 Å². The van der Waals surface area contributed by atoms with E-state index in [1.54, 1.807) is 0 Å². The van der Waals surface area contributed by atoms with E-state index in [4.69, 9.17) is 0 Å². The molecule has 0 saturated heterocycles. The van der Waals surface area contributed by atoms with Crippen LogP contribution in [0.1, 0.15) is 33.3 Å². The minimum atomic E-state index is -3.30. The average Bonchev–Trinajstić information content (AvgIpc) is 1.97. The maximum absolute atomic E-state index is 13.6. The summed E-state index contributed by atoms with van der Waals surface area (Å²) in [6.07, 6.45) is -3.30. The molecule has 0 aromatic heterocycles. The van der Waals surface area contributed by atoms with Crippen molar-refractivity contribution in [1.29, 1.82) is 0 Å². The number of alkyl halides is 2. The molecule has 0 spiro atoms. The van der Waals surface area contributed by atoms with Crippen molar-refractivity contribution in [3.8, 4) is 5.75 Å². The van der Waals surface area contributed by atoms with E-state index in [1.807, 2.05) is 20.8 Å². The lowest BCUT2D eigenvalue weighted by atomic mass is 9.87. The van der Waals surface area contributed by atoms with Gasteiger partial charge in [0.15, 0.2) is 0 Å². The van der Waals surface area contributed by atoms with Crippen molar-refractivity contribution < 1.29 is 17.9 Å². The number of benzene rings is 1. The predicted octanol–water partition coefficient (Wildman–Crippen LogP) is 4.11. The molecule has 0 bridgehead atoms. The number of halogens is 3. The molecule has 0 unspecified atom stereocenters. The second-order valence-corrected chi connectivity index (χ2v) is 4.80. The maximum Gasteiger partial charge on any atom is 0.394 e. The van der Waals surface area contributed by atoms with Gasteiger partial charge in [0.25, 0.3) is 0 Å². The molecule has 0 N–H and O–H groups in total. The third-order valence-corrected chi connectivity index (χ3v) is 2.05. The molecular weight excluding hydrogens is 217 g/mol. The molecule has 0 aliphatic carbocycles. The van der Waals surface area contributed by atoms with Crippen LogP contribution in [0.2, 0.25) is 0 Å². The topological polar surface area (TPSA) is 9.23 Å². The van der Waals surface area contributed by atoms with Crippen LogP contribution in [0.5, 0.6) is 5.75 Å². The van der Waals surface area contributed by atoms with Gasteiger partial charge in [-0.25, -0.2) is 4.39 Å². The van der Waals surface area contributed by atoms with Crippen LogP contribution in [-0.2, 0) is 5.41 Å². The number of hydrogen-bond acceptors (Lipinski definition) is 1. The van der Waals surface area contributed by atoms with E-state index in [0.29, 0.717) is 12.5 Å². The van der Waals surface area contributed by atoms with Crippen LogP contribution in [0.3, 0.4) is 0 Å². The molecular formula is C12H15F3O. The van der Waals surface area contributed by atoms with Gasteiger partial charge in [-0.15, -0.1) is 0 Å². The molecule has 0 aliphatic heterocycles. The Hall–Kier alpha value is -1.19. The van der Waals surface area contributed by atoms with Crippen molar-refractivity contribution in [2.45, 2.75) is 39.2 Å². The van der Waals surface area contributed by atoms with Gasteiger partial charge >= 0.3 is 6.11 Å². The van der Waals surface area contributed by atoms with Crippen LogP contribution >= 0.6 is 0 Å². The van der Waals surface area contributed by atoms with Gasteiger partial charge in [-0.05, 0) is 17.0 Å². The molecule has 0 fully saturated rings. The molecule has 1 rings (SSSR count). The molecule has 0 atom stereocenters. The Morgan fingerprint density at radius 3 is 2.00 bits per heavy atom. The van der Waals surface area contributed by atoms with Crippen LogP contribution in [0.15, 0.2) is 18.2 Å². The lowest BCUT2D eigenvalue weighted by Gasteiger charge is -2.21. The minimum Gasteiger partial charge on any atom is -0.433 e. The fraction of sp³-hybridized carbons (Fsp3) is 0.500. The molecule has 1 aromatic carbocycles. The monoisotopic (exact) mass is 232 g/mol. The maximum atomic E-state index is 13.6. The highest BCUT2D eigenvalue weighted by atomic mass is 19.3. The Balaban J connectivity index is 3.01. The molecule has 90 valence electrons. The fourth-order valence-electron chi connectivity index (χ4n) is 1.37. The van der Waals surface area contributed by atoms with Gasteiger partial charge in [0, 0.05) is 13.0 Å². The molecule has 1 aromatic rings. The summed E-state index contributed by atoms with van der Waals surface area (Å²) >= 11 is 0. The largest absolute Gasteiger partial charge is 0.433 e. The highest BCUT2D eigenvalue weighted by Crippen LogP contribution is 2.29. The highest BCUT2D eigenvalue weighted by molar-refractivity contribution is 5.32. The summed E-state index contributed by atoms with van der Waals surface area (Å²) in [6, 6.07) is 3.80. The van der Waals surface area contributed by atoms with E-state index in [1.165, 1.54) is 12.1 Å². The van der Waals surface area contributed by atoms with E-state index < -0.39 is 11.9 Å². The van der Waals surface area contributed by atoms with Gasteiger partial charge in [-0.3, -0.25) is 0 Å². The van der Waals surface area contributed by atoms with E-state index in [9.17, 15) is 13.2 Å². The lowest BCUT2D eigenvalue weighted by molar-refractivity contribution is -0.159. The second kappa shape index (κ2) is 4.00. The van der Waals surface area contributed by atoms with E-state index in [2.05, 4.69) is 4.74 Å². The zero-order chi connectivity index (χ0) is 12.6. The van der Waals surface area contributed by atoms with Crippen molar-refractivity contribution in [3.63, 3.8) is 0 Å². The third-order valence-electron chi connectivity index (χ3n) is 2.05. The summed E-state index contributed by atoms with van der Waals surface area (Å²) < 4.78 is 42.9. The minimum absolute atomic E-state index is 0.169. The normalized spacial score (nSPS) is 12.7. The first-order valence-corrected chi connectivity index (χ1v) is 4.96. The molecule has 0 aliphatic rings. The van der Waals surface area contributed by atoms with Crippen molar-refractivity contribution >= 4 is 0 Å². The highest BCUT2D eigenvalue weighted by Gasteiger charge is 2.25. The van der Waals surface area contributed by atoms with E-state index in [-0.39, 0.29) is 11.2 Å². The molecule has 0 amide bonds. The summed E-state index contributed by atoms with van der Waals surface area (Å²) in [7, 11) is 0. The first-order valence-electron chi connectivity index (χ1n) is 4.96. The van der Waals surface area contributed by atoms with Gasteiger partial charge in [0.05, 0.1) is 0 Å². The van der Waals surface area contributed by atoms with Gasteiger partial charge in [0.2, 0.25) is 0 Å². The zero-order valence-electron chi connectivity index (χ0n) is 9.77. The van der Waals surface area contributed by atoms with Crippen molar-refractivity contribution in [1.82, 2.24) is 0 Å². The number of hydrogen-bond donors (Lipinski definition) is 0. The van der Waals surface area contributed by atoms with Crippen LogP contribution in [-0.4, -0.2) is 6.11 Å². The van der Waals surface area contributed by atoms with Crippen molar-refractivity contribution in [2.24, 2.45) is 0 Å². The van der Waals surface area contributed by atoms with Crippen LogP contribution in [0, 0.1) is 5.82 Å². The summed E-state index contributed by atoms with van der Waals surface area (Å²) in [6.45, 7) is 6.16. The van der Waals surface area contributed by atoms with Gasteiger partial charge in [-0.2, -0.15) is 8.78 Å². The summed E-state index contributed by atoms with van der Waals surface area (Å²) in [5.41, 5.74) is 0.108. The zero-order valence-corrected chi connectivity index (χ0v) is 9.77. The van der Waals surface area contributed by atoms with Gasteiger partial charge in [-0.1, -0.05) is 26.8 Å². The molecule has 0 saturated carbocycles.